The molecule has 1 aromatic carbocycles. The average molecular weight is 337 g/mol. The summed E-state index contributed by atoms with van der Waals surface area (Å²) in [6.45, 7) is 1.83. The Kier molecular flexibility index (Phi) is 3.98. The molecule has 0 aliphatic heterocycles. The Morgan fingerprint density at radius 3 is 2.61 bits per heavy atom. The van der Waals surface area contributed by atoms with Gasteiger partial charge in [-0.2, -0.15) is 13.2 Å². The van der Waals surface area contributed by atoms with Crippen LogP contribution < -0.4 is 0 Å². The van der Waals surface area contributed by atoms with E-state index in [1.807, 2.05) is 6.92 Å². The summed E-state index contributed by atoms with van der Waals surface area (Å²) < 4.78 is 38.8. The van der Waals surface area contributed by atoms with E-state index in [1.165, 1.54) is 12.3 Å². The number of hydrogen-bond acceptors (Lipinski definition) is 2. The van der Waals surface area contributed by atoms with E-state index in [1.54, 1.807) is 30.5 Å². The summed E-state index contributed by atoms with van der Waals surface area (Å²) in [6, 6.07) is 8.32. The number of nitrogens with zero attached hydrogens (tertiary/aromatic N) is 2. The number of hydrogen-bond donors (Lipinski definition) is 0. The van der Waals surface area contributed by atoms with E-state index in [0.29, 0.717) is 21.5 Å². The summed E-state index contributed by atoms with van der Waals surface area (Å²) in [7, 11) is 0. The third kappa shape index (κ3) is 3.45. The minimum absolute atomic E-state index is 0.111. The quantitative estimate of drug-likeness (QED) is 0.629. The molecule has 0 aliphatic carbocycles. The van der Waals surface area contributed by atoms with Crippen molar-refractivity contribution >= 4 is 22.5 Å². The molecule has 23 heavy (non-hydrogen) atoms. The molecule has 2 heterocycles. The van der Waals surface area contributed by atoms with Gasteiger partial charge in [0.25, 0.3) is 0 Å². The van der Waals surface area contributed by atoms with Crippen LogP contribution in [-0.4, -0.2) is 16.1 Å². The van der Waals surface area contributed by atoms with Crippen LogP contribution >= 0.6 is 11.6 Å². The Hall–Kier alpha value is -2.14. The molecule has 0 spiro atoms. The smallest absolute Gasteiger partial charge is 0.264 e. The lowest BCUT2D eigenvalue weighted by molar-refractivity contribution is -0.127. The predicted molar refractivity (Wildman–Crippen MR) is 84.5 cm³/mol. The molecule has 0 unspecified atom stereocenters. The Morgan fingerprint density at radius 1 is 1.13 bits per heavy atom. The summed E-state index contributed by atoms with van der Waals surface area (Å²) in [4.78, 5) is 8.44. The van der Waals surface area contributed by atoms with Crippen molar-refractivity contribution in [1.82, 2.24) is 9.97 Å². The lowest BCUT2D eigenvalue weighted by Crippen LogP contribution is -2.13. The summed E-state index contributed by atoms with van der Waals surface area (Å²) in [6.07, 6.45) is -2.22. The van der Waals surface area contributed by atoms with Crippen molar-refractivity contribution in [1.29, 1.82) is 0 Å². The van der Waals surface area contributed by atoms with Gasteiger partial charge < -0.3 is 0 Å². The van der Waals surface area contributed by atoms with Gasteiger partial charge in [0.05, 0.1) is 22.7 Å². The normalized spacial score (nSPS) is 11.9. The van der Waals surface area contributed by atoms with E-state index in [2.05, 4.69) is 9.97 Å². The molecule has 3 aromatic rings. The van der Waals surface area contributed by atoms with Crippen molar-refractivity contribution < 1.29 is 13.2 Å². The second-order valence-corrected chi connectivity index (χ2v) is 5.76. The standard InChI is InChI=1S/C17H12ClF3N2/c1-10-5-13(9-22-8-10)15-12(7-17(19,20)21)6-11-3-2-4-14(18)16(11)23-15/h2-6,8-9H,7H2,1H3. The summed E-state index contributed by atoms with van der Waals surface area (Å²) in [5.74, 6) is 0. The van der Waals surface area contributed by atoms with Gasteiger partial charge >= 0.3 is 6.18 Å². The van der Waals surface area contributed by atoms with Crippen LogP contribution in [0, 0.1) is 6.92 Å². The topological polar surface area (TPSA) is 25.8 Å². The summed E-state index contributed by atoms with van der Waals surface area (Å²) in [5.41, 5.74) is 2.25. The first-order valence-corrected chi connectivity index (χ1v) is 7.28. The van der Waals surface area contributed by atoms with Gasteiger partial charge in [0.15, 0.2) is 0 Å². The van der Waals surface area contributed by atoms with Crippen molar-refractivity contribution in [3.8, 4) is 11.3 Å². The van der Waals surface area contributed by atoms with Crippen LogP contribution in [0.3, 0.4) is 0 Å². The highest BCUT2D eigenvalue weighted by molar-refractivity contribution is 6.35. The van der Waals surface area contributed by atoms with Crippen LogP contribution in [0.15, 0.2) is 42.7 Å². The monoisotopic (exact) mass is 336 g/mol. The van der Waals surface area contributed by atoms with Crippen LogP contribution in [0.4, 0.5) is 13.2 Å². The van der Waals surface area contributed by atoms with Crippen LogP contribution in [0.2, 0.25) is 5.02 Å². The van der Waals surface area contributed by atoms with Gasteiger partial charge in [-0.25, -0.2) is 4.98 Å². The number of halogens is 4. The first kappa shape index (κ1) is 15.7. The first-order valence-electron chi connectivity index (χ1n) is 6.90. The molecule has 6 heteroatoms. The molecule has 2 aromatic heterocycles. The molecule has 0 saturated carbocycles. The number of para-hydroxylation sites is 1. The fourth-order valence-corrected chi connectivity index (χ4v) is 2.72. The minimum atomic E-state index is -4.32. The maximum Gasteiger partial charge on any atom is 0.393 e. The Balaban J connectivity index is 2.27. The van der Waals surface area contributed by atoms with E-state index < -0.39 is 12.6 Å². The van der Waals surface area contributed by atoms with E-state index in [9.17, 15) is 13.2 Å². The molecular formula is C17H12ClF3N2. The number of alkyl halides is 3. The van der Waals surface area contributed by atoms with Crippen molar-refractivity contribution in [2.24, 2.45) is 0 Å². The lowest BCUT2D eigenvalue weighted by Gasteiger charge is -2.13. The zero-order chi connectivity index (χ0) is 16.6. The molecule has 0 radical (unpaired) electrons. The third-order valence-electron chi connectivity index (χ3n) is 3.41. The molecular weight excluding hydrogens is 325 g/mol. The maximum atomic E-state index is 12.9. The van der Waals surface area contributed by atoms with E-state index in [0.717, 1.165) is 5.56 Å². The summed E-state index contributed by atoms with van der Waals surface area (Å²) in [5, 5.41) is 0.990. The van der Waals surface area contributed by atoms with Crippen molar-refractivity contribution in [3.05, 3.63) is 58.9 Å². The molecule has 0 fully saturated rings. The van der Waals surface area contributed by atoms with Gasteiger partial charge in [0.2, 0.25) is 0 Å². The average Bonchev–Trinajstić information content (AvgIpc) is 2.45. The molecule has 3 rings (SSSR count). The number of fused-ring (bicyclic) bond motifs is 1. The number of pyridine rings is 2. The van der Waals surface area contributed by atoms with Crippen LogP contribution in [0.25, 0.3) is 22.2 Å². The SMILES string of the molecule is Cc1cncc(-c2nc3c(Cl)cccc3cc2CC(F)(F)F)c1. The molecule has 0 atom stereocenters. The largest absolute Gasteiger partial charge is 0.393 e. The number of benzene rings is 1. The fraction of sp³-hybridized carbons (Fsp3) is 0.176. The lowest BCUT2D eigenvalue weighted by atomic mass is 10.0. The molecule has 0 aliphatic rings. The van der Waals surface area contributed by atoms with Crippen molar-refractivity contribution in [3.63, 3.8) is 0 Å². The fourth-order valence-electron chi connectivity index (χ4n) is 2.49. The van der Waals surface area contributed by atoms with Gasteiger partial charge in [0, 0.05) is 23.3 Å². The number of rotatable bonds is 2. The van der Waals surface area contributed by atoms with Gasteiger partial charge in [-0.1, -0.05) is 23.7 Å². The Bertz CT molecular complexity index is 875. The van der Waals surface area contributed by atoms with Crippen LogP contribution in [-0.2, 0) is 6.42 Å². The van der Waals surface area contributed by atoms with E-state index in [-0.39, 0.29) is 11.3 Å². The molecule has 0 N–H and O–H groups in total. The molecule has 2 nitrogen and oxygen atoms in total. The predicted octanol–water partition coefficient (Wildman–Crippen LogP) is 5.36. The van der Waals surface area contributed by atoms with Crippen LogP contribution in [0.1, 0.15) is 11.1 Å². The molecule has 0 bridgehead atoms. The molecule has 0 saturated heterocycles. The highest BCUT2D eigenvalue weighted by Crippen LogP contribution is 2.32. The third-order valence-corrected chi connectivity index (χ3v) is 3.72. The van der Waals surface area contributed by atoms with Gasteiger partial charge in [-0.05, 0) is 36.2 Å². The first-order chi connectivity index (χ1) is 10.8. The molecule has 0 amide bonds. The second kappa shape index (κ2) is 5.81. The second-order valence-electron chi connectivity index (χ2n) is 5.35. The van der Waals surface area contributed by atoms with Crippen LogP contribution in [0.5, 0.6) is 0 Å². The van der Waals surface area contributed by atoms with Gasteiger partial charge in [-0.3, -0.25) is 4.98 Å². The minimum Gasteiger partial charge on any atom is -0.264 e. The zero-order valence-corrected chi connectivity index (χ0v) is 12.9. The van der Waals surface area contributed by atoms with Crippen molar-refractivity contribution in [2.75, 3.05) is 0 Å². The highest BCUT2D eigenvalue weighted by atomic mass is 35.5. The Morgan fingerprint density at radius 2 is 1.91 bits per heavy atom. The highest BCUT2D eigenvalue weighted by Gasteiger charge is 2.30. The van der Waals surface area contributed by atoms with E-state index >= 15 is 0 Å². The van der Waals surface area contributed by atoms with Gasteiger partial charge in [-0.15, -0.1) is 0 Å². The van der Waals surface area contributed by atoms with E-state index in [4.69, 9.17) is 11.6 Å². The van der Waals surface area contributed by atoms with Gasteiger partial charge in [0.1, 0.15) is 0 Å². The molecule has 118 valence electrons. The number of aromatic nitrogens is 2. The summed E-state index contributed by atoms with van der Waals surface area (Å²) >= 11 is 6.13. The Labute approximate surface area is 136 Å². The maximum absolute atomic E-state index is 12.9. The number of aryl methyl sites for hydroxylation is 1. The zero-order valence-electron chi connectivity index (χ0n) is 12.2. The van der Waals surface area contributed by atoms with Crippen molar-refractivity contribution in [2.45, 2.75) is 19.5 Å².